The van der Waals surface area contributed by atoms with Gasteiger partial charge in [0, 0.05) is 22.3 Å². The van der Waals surface area contributed by atoms with E-state index in [0.29, 0.717) is 23.1 Å². The summed E-state index contributed by atoms with van der Waals surface area (Å²) in [6.45, 7) is 4.47. The largest absolute Gasteiger partial charge is 0.342 e. The van der Waals surface area contributed by atoms with Crippen molar-refractivity contribution < 1.29 is 9.59 Å². The molecule has 1 unspecified atom stereocenters. The van der Waals surface area contributed by atoms with Gasteiger partial charge in [0.1, 0.15) is 0 Å². The first-order valence-corrected chi connectivity index (χ1v) is 11.2. The van der Waals surface area contributed by atoms with Gasteiger partial charge in [-0.3, -0.25) is 9.59 Å². The van der Waals surface area contributed by atoms with Crippen LogP contribution < -0.4 is 10.6 Å². The second kappa shape index (κ2) is 10.4. The van der Waals surface area contributed by atoms with E-state index < -0.39 is 0 Å². The third-order valence-electron chi connectivity index (χ3n) is 4.27. The third-order valence-corrected chi connectivity index (χ3v) is 5.73. The molecule has 1 heterocycles. The maximum Gasteiger partial charge on any atom is 0.251 e. The minimum Gasteiger partial charge on any atom is -0.342 e. The molecule has 0 aliphatic heterocycles. The molecule has 0 spiro atoms. The van der Waals surface area contributed by atoms with E-state index in [1.54, 1.807) is 12.1 Å². The predicted octanol–water partition coefficient (Wildman–Crippen LogP) is 4.28. The van der Waals surface area contributed by atoms with Crippen LogP contribution in [0.4, 0.5) is 5.69 Å². The van der Waals surface area contributed by atoms with E-state index in [1.807, 2.05) is 60.9 Å². The number of halogens is 1. The molecule has 2 amide bonds. The molecule has 3 rings (SSSR count). The van der Waals surface area contributed by atoms with Crippen molar-refractivity contribution in [2.45, 2.75) is 31.6 Å². The van der Waals surface area contributed by atoms with Gasteiger partial charge in [0.05, 0.1) is 11.8 Å². The topological polar surface area (TPSA) is 88.9 Å². The van der Waals surface area contributed by atoms with Crippen molar-refractivity contribution in [2.75, 3.05) is 11.1 Å². The van der Waals surface area contributed by atoms with Gasteiger partial charge in [-0.15, -0.1) is 10.2 Å². The number of rotatable bonds is 8. The van der Waals surface area contributed by atoms with Crippen molar-refractivity contribution in [3.63, 3.8) is 0 Å². The summed E-state index contributed by atoms with van der Waals surface area (Å²) >= 11 is 4.70. The molecular weight excluding hydrogens is 466 g/mol. The summed E-state index contributed by atoms with van der Waals surface area (Å²) in [6, 6.07) is 16.1. The van der Waals surface area contributed by atoms with Gasteiger partial charge in [-0.1, -0.05) is 52.0 Å². The number of benzene rings is 2. The predicted molar refractivity (Wildman–Crippen MR) is 122 cm³/mol. The first-order chi connectivity index (χ1) is 14.5. The molecule has 156 valence electrons. The number of carbonyl (C=O) groups is 2. The molecule has 2 aromatic carbocycles. The van der Waals surface area contributed by atoms with Crippen LogP contribution in [0.5, 0.6) is 0 Å². The SMILES string of the molecule is CCn1c(SCC(=O)Nc2cccc(Br)c2)nnc1C(C)NC(=O)c1ccccc1. The van der Waals surface area contributed by atoms with E-state index in [4.69, 9.17) is 0 Å². The van der Waals surface area contributed by atoms with Crippen LogP contribution in [0.1, 0.15) is 36.1 Å². The lowest BCUT2D eigenvalue weighted by Crippen LogP contribution is -2.28. The van der Waals surface area contributed by atoms with Crippen LogP contribution in [0.2, 0.25) is 0 Å². The Morgan fingerprint density at radius 2 is 1.90 bits per heavy atom. The van der Waals surface area contributed by atoms with E-state index in [0.717, 1.165) is 10.2 Å². The molecule has 0 aliphatic carbocycles. The number of hydrogen-bond donors (Lipinski definition) is 2. The fraction of sp³-hybridized carbons (Fsp3) is 0.238. The molecule has 0 fully saturated rings. The lowest BCUT2D eigenvalue weighted by molar-refractivity contribution is -0.113. The summed E-state index contributed by atoms with van der Waals surface area (Å²) < 4.78 is 2.81. The Labute approximate surface area is 187 Å². The van der Waals surface area contributed by atoms with Gasteiger partial charge in [-0.05, 0) is 44.2 Å². The van der Waals surface area contributed by atoms with Crippen molar-refractivity contribution in [2.24, 2.45) is 0 Å². The third kappa shape index (κ3) is 5.70. The van der Waals surface area contributed by atoms with Gasteiger partial charge >= 0.3 is 0 Å². The van der Waals surface area contributed by atoms with Crippen LogP contribution in [0.15, 0.2) is 64.2 Å². The average Bonchev–Trinajstić information content (AvgIpc) is 3.16. The van der Waals surface area contributed by atoms with Gasteiger partial charge < -0.3 is 15.2 Å². The van der Waals surface area contributed by atoms with Gasteiger partial charge in [0.25, 0.3) is 5.91 Å². The number of aromatic nitrogens is 3. The van der Waals surface area contributed by atoms with Gasteiger partial charge in [0.2, 0.25) is 5.91 Å². The number of thioether (sulfide) groups is 1. The van der Waals surface area contributed by atoms with Crippen LogP contribution >= 0.6 is 27.7 Å². The summed E-state index contributed by atoms with van der Waals surface area (Å²) in [5.74, 6) is 0.554. The molecule has 0 aliphatic rings. The number of nitrogens with zero attached hydrogens (tertiary/aromatic N) is 3. The first-order valence-electron chi connectivity index (χ1n) is 9.45. The zero-order valence-electron chi connectivity index (χ0n) is 16.6. The van der Waals surface area contributed by atoms with Crippen molar-refractivity contribution in [1.29, 1.82) is 0 Å². The van der Waals surface area contributed by atoms with Crippen LogP contribution in [0.25, 0.3) is 0 Å². The van der Waals surface area contributed by atoms with Crippen molar-refractivity contribution in [1.82, 2.24) is 20.1 Å². The number of anilines is 1. The van der Waals surface area contributed by atoms with Crippen LogP contribution in [-0.2, 0) is 11.3 Å². The van der Waals surface area contributed by atoms with Gasteiger partial charge in [-0.2, -0.15) is 0 Å². The second-order valence-electron chi connectivity index (χ2n) is 6.49. The quantitative estimate of drug-likeness (QED) is 0.462. The monoisotopic (exact) mass is 487 g/mol. The normalized spacial score (nSPS) is 11.7. The first kappa shape index (κ1) is 22.0. The van der Waals surface area contributed by atoms with Gasteiger partial charge in [-0.25, -0.2) is 0 Å². The zero-order valence-corrected chi connectivity index (χ0v) is 19.0. The van der Waals surface area contributed by atoms with E-state index in [2.05, 4.69) is 36.8 Å². The highest BCUT2D eigenvalue weighted by Gasteiger charge is 2.20. The molecule has 1 atom stereocenters. The Hall–Kier alpha value is -2.65. The lowest BCUT2D eigenvalue weighted by Gasteiger charge is -2.15. The molecule has 2 N–H and O–H groups in total. The Bertz CT molecular complexity index is 1030. The highest BCUT2D eigenvalue weighted by atomic mass is 79.9. The molecule has 0 bridgehead atoms. The molecule has 1 aromatic heterocycles. The summed E-state index contributed by atoms with van der Waals surface area (Å²) in [6.07, 6.45) is 0. The second-order valence-corrected chi connectivity index (χ2v) is 8.35. The van der Waals surface area contributed by atoms with Crippen molar-refractivity contribution in [3.05, 3.63) is 70.5 Å². The minimum absolute atomic E-state index is 0.129. The number of nitrogens with one attached hydrogen (secondary N) is 2. The molecule has 0 saturated carbocycles. The van der Waals surface area contributed by atoms with Crippen LogP contribution in [0.3, 0.4) is 0 Å². The van der Waals surface area contributed by atoms with Crippen molar-refractivity contribution >= 4 is 45.2 Å². The highest BCUT2D eigenvalue weighted by molar-refractivity contribution is 9.10. The summed E-state index contributed by atoms with van der Waals surface area (Å²) in [4.78, 5) is 24.7. The standard InChI is InChI=1S/C21H22BrN5O2S/c1-3-27-19(14(2)23-20(29)15-8-5-4-6-9-15)25-26-21(27)30-13-18(28)24-17-11-7-10-16(22)12-17/h4-12,14H,3,13H2,1-2H3,(H,23,29)(H,24,28). The number of hydrogen-bond acceptors (Lipinski definition) is 5. The fourth-order valence-corrected chi connectivity index (χ4v) is 4.06. The molecular formula is C21H22BrN5O2S. The van der Waals surface area contributed by atoms with E-state index in [-0.39, 0.29) is 23.6 Å². The number of carbonyl (C=O) groups excluding carboxylic acids is 2. The Balaban J connectivity index is 1.62. The lowest BCUT2D eigenvalue weighted by atomic mass is 10.2. The molecule has 30 heavy (non-hydrogen) atoms. The molecule has 0 saturated heterocycles. The molecule has 9 heteroatoms. The average molecular weight is 488 g/mol. The number of amides is 2. The summed E-state index contributed by atoms with van der Waals surface area (Å²) in [5, 5.41) is 14.9. The summed E-state index contributed by atoms with van der Waals surface area (Å²) in [5.41, 5.74) is 1.32. The minimum atomic E-state index is -0.324. The Morgan fingerprint density at radius 3 is 2.60 bits per heavy atom. The molecule has 3 aromatic rings. The van der Waals surface area contributed by atoms with Gasteiger partial charge in [0.15, 0.2) is 11.0 Å². The highest BCUT2D eigenvalue weighted by Crippen LogP contribution is 2.22. The zero-order chi connectivity index (χ0) is 21.5. The maximum absolute atomic E-state index is 12.4. The van der Waals surface area contributed by atoms with Crippen LogP contribution in [0, 0.1) is 0 Å². The van der Waals surface area contributed by atoms with Crippen LogP contribution in [-0.4, -0.2) is 32.3 Å². The molecule has 0 radical (unpaired) electrons. The smallest absolute Gasteiger partial charge is 0.251 e. The molecule has 7 nitrogen and oxygen atoms in total. The maximum atomic E-state index is 12.4. The Morgan fingerprint density at radius 1 is 1.13 bits per heavy atom. The van der Waals surface area contributed by atoms with E-state index in [9.17, 15) is 9.59 Å². The fourth-order valence-electron chi connectivity index (χ4n) is 2.85. The Kier molecular flexibility index (Phi) is 7.64. The summed E-state index contributed by atoms with van der Waals surface area (Å²) in [7, 11) is 0. The van der Waals surface area contributed by atoms with E-state index >= 15 is 0 Å². The van der Waals surface area contributed by atoms with E-state index in [1.165, 1.54) is 11.8 Å². The van der Waals surface area contributed by atoms with Crippen molar-refractivity contribution in [3.8, 4) is 0 Å².